The van der Waals surface area contributed by atoms with Gasteiger partial charge in [0.1, 0.15) is 5.75 Å². The first kappa shape index (κ1) is 20.5. The zero-order chi connectivity index (χ0) is 20.6. The lowest BCUT2D eigenvalue weighted by atomic mass is 10.1. The Morgan fingerprint density at radius 1 is 1.29 bits per heavy atom. The minimum absolute atomic E-state index is 0.157. The van der Waals surface area contributed by atoms with E-state index in [-0.39, 0.29) is 11.9 Å². The second-order valence-electron chi connectivity index (χ2n) is 7.07. The van der Waals surface area contributed by atoms with Gasteiger partial charge in [-0.15, -0.1) is 0 Å². The molecule has 1 atom stereocenters. The molecule has 28 heavy (non-hydrogen) atoms. The average Bonchev–Trinajstić information content (AvgIpc) is 2.96. The standard InChI is InChI=1S/C20H23ClN2O4S/c1-13-9-15-10-14(5-7-18(15)23(13)28(4,25)26)20(24)22(2)12-16-11-17(21)6-8-19(16)27-3/h5-8,10-11,13H,9,12H2,1-4H3. The number of carbonyl (C=O) groups excluding carboxylic acids is 1. The van der Waals surface area contributed by atoms with Crippen LogP contribution in [0.2, 0.25) is 5.02 Å². The molecule has 1 amide bonds. The van der Waals surface area contributed by atoms with Crippen molar-refractivity contribution in [2.24, 2.45) is 0 Å². The summed E-state index contributed by atoms with van der Waals surface area (Å²) in [6.07, 6.45) is 1.78. The molecule has 0 fully saturated rings. The first-order chi connectivity index (χ1) is 13.1. The minimum atomic E-state index is -3.36. The molecule has 0 N–H and O–H groups in total. The highest BCUT2D eigenvalue weighted by atomic mass is 35.5. The van der Waals surface area contributed by atoms with Gasteiger partial charge in [-0.05, 0) is 55.3 Å². The summed E-state index contributed by atoms with van der Waals surface area (Å²) in [6.45, 7) is 2.20. The van der Waals surface area contributed by atoms with Crippen LogP contribution in [0.5, 0.6) is 5.75 Å². The topological polar surface area (TPSA) is 66.9 Å². The van der Waals surface area contributed by atoms with Crippen molar-refractivity contribution < 1.29 is 17.9 Å². The second-order valence-corrected chi connectivity index (χ2v) is 9.37. The van der Waals surface area contributed by atoms with E-state index in [2.05, 4.69) is 0 Å². The number of hydrogen-bond acceptors (Lipinski definition) is 4. The van der Waals surface area contributed by atoms with E-state index in [9.17, 15) is 13.2 Å². The lowest BCUT2D eigenvalue weighted by Crippen LogP contribution is -2.34. The van der Waals surface area contributed by atoms with Gasteiger partial charge in [-0.1, -0.05) is 11.6 Å². The zero-order valence-corrected chi connectivity index (χ0v) is 17.8. The lowest BCUT2D eigenvalue weighted by molar-refractivity contribution is 0.0784. The number of benzene rings is 2. The normalized spacial score (nSPS) is 16.0. The molecule has 0 radical (unpaired) electrons. The van der Waals surface area contributed by atoms with Crippen LogP contribution >= 0.6 is 11.6 Å². The van der Waals surface area contributed by atoms with E-state index in [1.54, 1.807) is 55.5 Å². The lowest BCUT2D eigenvalue weighted by Gasteiger charge is -2.22. The fraction of sp³-hybridized carbons (Fsp3) is 0.350. The molecule has 0 saturated heterocycles. The summed E-state index contributed by atoms with van der Waals surface area (Å²) in [5.41, 5.74) is 2.83. The fourth-order valence-corrected chi connectivity index (χ4v) is 5.12. The Kier molecular flexibility index (Phi) is 5.59. The quantitative estimate of drug-likeness (QED) is 0.741. The number of amides is 1. The molecule has 0 aliphatic carbocycles. The number of ether oxygens (including phenoxy) is 1. The smallest absolute Gasteiger partial charge is 0.253 e. The number of halogens is 1. The van der Waals surface area contributed by atoms with Gasteiger partial charge >= 0.3 is 0 Å². The van der Waals surface area contributed by atoms with E-state index in [1.807, 2.05) is 6.92 Å². The van der Waals surface area contributed by atoms with Crippen LogP contribution in [-0.2, 0) is 23.0 Å². The molecular formula is C20H23ClN2O4S. The Morgan fingerprint density at radius 2 is 2.00 bits per heavy atom. The summed E-state index contributed by atoms with van der Waals surface area (Å²) < 4.78 is 30.9. The highest BCUT2D eigenvalue weighted by molar-refractivity contribution is 7.92. The van der Waals surface area contributed by atoms with Gasteiger partial charge in [-0.2, -0.15) is 0 Å². The molecule has 1 aliphatic rings. The van der Waals surface area contributed by atoms with Gasteiger partial charge in [0.25, 0.3) is 5.91 Å². The summed E-state index contributed by atoms with van der Waals surface area (Å²) in [4.78, 5) is 14.5. The van der Waals surface area contributed by atoms with Gasteiger partial charge in [-0.25, -0.2) is 8.42 Å². The summed E-state index contributed by atoms with van der Waals surface area (Å²) in [5.74, 6) is 0.505. The Morgan fingerprint density at radius 3 is 2.64 bits per heavy atom. The number of sulfonamides is 1. The molecule has 8 heteroatoms. The number of hydrogen-bond donors (Lipinski definition) is 0. The molecule has 0 bridgehead atoms. The van der Waals surface area contributed by atoms with Crippen LogP contribution in [0, 0.1) is 0 Å². The van der Waals surface area contributed by atoms with Crippen molar-refractivity contribution in [3.05, 3.63) is 58.1 Å². The third-order valence-electron chi connectivity index (χ3n) is 4.83. The zero-order valence-electron chi connectivity index (χ0n) is 16.3. The number of rotatable bonds is 5. The number of fused-ring (bicyclic) bond motifs is 1. The van der Waals surface area contributed by atoms with Crippen LogP contribution in [0.15, 0.2) is 36.4 Å². The maximum atomic E-state index is 12.9. The van der Waals surface area contributed by atoms with Gasteiger partial charge in [0.05, 0.1) is 19.1 Å². The van der Waals surface area contributed by atoms with E-state index in [1.165, 1.54) is 10.6 Å². The Balaban J connectivity index is 1.84. The summed E-state index contributed by atoms with van der Waals surface area (Å²) in [7, 11) is -0.0726. The van der Waals surface area contributed by atoms with Crippen molar-refractivity contribution in [2.75, 3.05) is 24.7 Å². The summed E-state index contributed by atoms with van der Waals surface area (Å²) in [5, 5.41) is 0.573. The van der Waals surface area contributed by atoms with Gasteiger partial charge in [0, 0.05) is 35.8 Å². The molecule has 0 saturated carbocycles. The van der Waals surface area contributed by atoms with Crippen LogP contribution in [0.1, 0.15) is 28.4 Å². The fourth-order valence-electron chi connectivity index (χ4n) is 3.66. The number of nitrogens with zero attached hydrogens (tertiary/aromatic N) is 2. The summed E-state index contributed by atoms with van der Waals surface area (Å²) in [6, 6.07) is 10.3. The Hall–Kier alpha value is -2.25. The molecule has 6 nitrogen and oxygen atoms in total. The highest BCUT2D eigenvalue weighted by Gasteiger charge is 2.33. The van der Waals surface area contributed by atoms with Gasteiger partial charge in [-0.3, -0.25) is 9.10 Å². The first-order valence-corrected chi connectivity index (χ1v) is 11.0. The molecule has 1 heterocycles. The molecule has 0 spiro atoms. The Bertz CT molecular complexity index is 1020. The van der Waals surface area contributed by atoms with Crippen LogP contribution in [0.3, 0.4) is 0 Å². The molecule has 1 unspecified atom stereocenters. The molecule has 0 aromatic heterocycles. The average molecular weight is 423 g/mol. The predicted octanol–water partition coefficient (Wildman–Crippen LogP) is 3.33. The SMILES string of the molecule is COc1ccc(Cl)cc1CN(C)C(=O)c1ccc2c(c1)CC(C)N2S(C)(=O)=O. The van der Waals surface area contributed by atoms with E-state index in [0.717, 1.165) is 11.1 Å². The van der Waals surface area contributed by atoms with Crippen LogP contribution in [-0.4, -0.2) is 45.7 Å². The molecule has 3 rings (SSSR count). The number of anilines is 1. The maximum absolute atomic E-state index is 12.9. The largest absolute Gasteiger partial charge is 0.496 e. The monoisotopic (exact) mass is 422 g/mol. The second kappa shape index (κ2) is 7.64. The molecule has 2 aromatic rings. The third kappa shape index (κ3) is 3.95. The van der Waals surface area contributed by atoms with Crippen molar-refractivity contribution in [3.8, 4) is 5.75 Å². The van der Waals surface area contributed by atoms with Crippen LogP contribution < -0.4 is 9.04 Å². The molecular weight excluding hydrogens is 400 g/mol. The maximum Gasteiger partial charge on any atom is 0.253 e. The van der Waals surface area contributed by atoms with Gasteiger partial charge < -0.3 is 9.64 Å². The summed E-state index contributed by atoms with van der Waals surface area (Å²) >= 11 is 6.07. The predicted molar refractivity (Wildman–Crippen MR) is 111 cm³/mol. The molecule has 2 aromatic carbocycles. The molecule has 150 valence electrons. The van der Waals surface area contributed by atoms with Crippen LogP contribution in [0.25, 0.3) is 0 Å². The van der Waals surface area contributed by atoms with Crippen molar-refractivity contribution in [1.82, 2.24) is 4.90 Å². The van der Waals surface area contributed by atoms with E-state index in [0.29, 0.717) is 35.0 Å². The van der Waals surface area contributed by atoms with E-state index < -0.39 is 10.0 Å². The van der Waals surface area contributed by atoms with Crippen molar-refractivity contribution in [2.45, 2.75) is 25.9 Å². The van der Waals surface area contributed by atoms with Crippen molar-refractivity contribution >= 4 is 33.2 Å². The third-order valence-corrected chi connectivity index (χ3v) is 6.34. The number of methoxy groups -OCH3 is 1. The highest BCUT2D eigenvalue weighted by Crippen LogP contribution is 2.35. The van der Waals surface area contributed by atoms with Gasteiger partial charge in [0.15, 0.2) is 0 Å². The number of carbonyl (C=O) groups is 1. The first-order valence-electron chi connectivity index (χ1n) is 8.82. The van der Waals surface area contributed by atoms with E-state index in [4.69, 9.17) is 16.3 Å². The Labute approximate surface area is 170 Å². The van der Waals surface area contributed by atoms with Crippen molar-refractivity contribution in [1.29, 1.82) is 0 Å². The van der Waals surface area contributed by atoms with E-state index >= 15 is 0 Å². The molecule has 1 aliphatic heterocycles. The van der Waals surface area contributed by atoms with Gasteiger partial charge in [0.2, 0.25) is 10.0 Å². The van der Waals surface area contributed by atoms with Crippen LogP contribution in [0.4, 0.5) is 5.69 Å². The van der Waals surface area contributed by atoms with Crippen molar-refractivity contribution in [3.63, 3.8) is 0 Å². The minimum Gasteiger partial charge on any atom is -0.496 e.